The number of hydrogen-bond acceptors (Lipinski definition) is 2. The zero-order valence-electron chi connectivity index (χ0n) is 6.67. The van der Waals surface area contributed by atoms with Gasteiger partial charge in [-0.3, -0.25) is 4.98 Å². The minimum Gasteiger partial charge on any atom is -0.479 e. The molecule has 0 unspecified atom stereocenters. The predicted molar refractivity (Wildman–Crippen MR) is 56.3 cm³/mol. The minimum absolute atomic E-state index is 0.424. The molecule has 0 aliphatic rings. The van der Waals surface area contributed by atoms with Gasteiger partial charge in [0, 0.05) is 28.3 Å². The van der Waals surface area contributed by atoms with Gasteiger partial charge in [-0.1, -0.05) is 5.92 Å². The molecule has 1 heterocycles. The number of hydrogen-bond donors (Lipinski definition) is 0. The zero-order chi connectivity index (χ0) is 8.81. The lowest BCUT2D eigenvalue weighted by atomic mass is 10.4. The van der Waals surface area contributed by atoms with Crippen LogP contribution in [0, 0.1) is 16.8 Å². The molecule has 0 spiro atoms. The van der Waals surface area contributed by atoms with Gasteiger partial charge < -0.3 is 4.74 Å². The van der Waals surface area contributed by atoms with Crippen LogP contribution in [0.5, 0.6) is 5.75 Å². The van der Waals surface area contributed by atoms with Crippen LogP contribution in [0.4, 0.5) is 0 Å². The number of halogens is 1. The summed E-state index contributed by atoms with van der Waals surface area (Å²) in [5.41, 5.74) is 0.988. The van der Waals surface area contributed by atoms with Crippen LogP contribution in [0.25, 0.3) is 0 Å². The third-order valence-electron chi connectivity index (χ3n) is 1.26. The van der Waals surface area contributed by atoms with E-state index in [1.165, 1.54) is 0 Å². The first-order chi connectivity index (χ1) is 5.83. The smallest absolute Gasteiger partial charge is 0.149 e. The number of ether oxygens (including phenoxy) is 1. The minimum atomic E-state index is 0.424. The van der Waals surface area contributed by atoms with E-state index in [-0.39, 0.29) is 0 Å². The van der Waals surface area contributed by atoms with Crippen LogP contribution < -0.4 is 4.74 Å². The number of rotatable bonds is 2. The van der Waals surface area contributed by atoms with Crippen LogP contribution in [-0.2, 0) is 0 Å². The molecule has 3 heteroatoms. The Morgan fingerprint density at radius 3 is 3.00 bits per heavy atom. The SMILES string of the molecule is Cc1ccc(OCC#CI)cn1. The fourth-order valence-corrected chi connectivity index (χ4v) is 0.842. The molecule has 62 valence electrons. The molecule has 0 aliphatic carbocycles. The Morgan fingerprint density at radius 2 is 2.42 bits per heavy atom. The maximum Gasteiger partial charge on any atom is 0.149 e. The normalized spacial score (nSPS) is 8.50. The first-order valence-electron chi connectivity index (χ1n) is 3.47. The average molecular weight is 273 g/mol. The van der Waals surface area contributed by atoms with E-state index in [0.717, 1.165) is 11.4 Å². The van der Waals surface area contributed by atoms with Gasteiger partial charge in [0.1, 0.15) is 12.4 Å². The number of aryl methyl sites for hydroxylation is 1. The molecule has 0 N–H and O–H groups in total. The quantitative estimate of drug-likeness (QED) is 0.608. The van der Waals surface area contributed by atoms with Crippen LogP contribution in [-0.4, -0.2) is 11.6 Å². The van der Waals surface area contributed by atoms with Crippen molar-refractivity contribution < 1.29 is 4.74 Å². The first-order valence-corrected chi connectivity index (χ1v) is 4.55. The largest absolute Gasteiger partial charge is 0.479 e. The summed E-state index contributed by atoms with van der Waals surface area (Å²) in [6.07, 6.45) is 1.70. The molecule has 1 rings (SSSR count). The topological polar surface area (TPSA) is 22.1 Å². The Hall–Kier alpha value is -0.760. The molecule has 2 nitrogen and oxygen atoms in total. The summed E-state index contributed by atoms with van der Waals surface area (Å²) in [6.45, 7) is 2.36. The van der Waals surface area contributed by atoms with Gasteiger partial charge in [-0.15, -0.1) is 0 Å². The van der Waals surface area contributed by atoms with Crippen LogP contribution in [0.1, 0.15) is 5.69 Å². The van der Waals surface area contributed by atoms with Crippen molar-refractivity contribution >= 4 is 22.6 Å². The zero-order valence-corrected chi connectivity index (χ0v) is 8.83. The Balaban J connectivity index is 2.51. The van der Waals surface area contributed by atoms with E-state index in [0.29, 0.717) is 6.61 Å². The fraction of sp³-hybridized carbons (Fsp3) is 0.222. The van der Waals surface area contributed by atoms with Crippen LogP contribution in [0.15, 0.2) is 18.3 Å². The maximum atomic E-state index is 5.26. The lowest BCUT2D eigenvalue weighted by molar-refractivity contribution is 0.368. The van der Waals surface area contributed by atoms with Crippen molar-refractivity contribution in [2.45, 2.75) is 6.92 Å². The molecule has 0 amide bonds. The lowest BCUT2D eigenvalue weighted by Crippen LogP contribution is -1.94. The summed E-state index contributed by atoms with van der Waals surface area (Å²) in [6, 6.07) is 3.80. The van der Waals surface area contributed by atoms with Crippen LogP contribution >= 0.6 is 22.6 Å². The summed E-state index contributed by atoms with van der Waals surface area (Å²) in [4.78, 5) is 4.08. The Morgan fingerprint density at radius 1 is 1.58 bits per heavy atom. The van der Waals surface area contributed by atoms with E-state index in [1.54, 1.807) is 6.20 Å². The van der Waals surface area contributed by atoms with Gasteiger partial charge in [0.2, 0.25) is 0 Å². The maximum absolute atomic E-state index is 5.26. The third kappa shape index (κ3) is 3.09. The molecule has 0 fully saturated rings. The fourth-order valence-electron chi connectivity index (χ4n) is 0.686. The van der Waals surface area contributed by atoms with Gasteiger partial charge in [-0.05, 0) is 23.0 Å². The molecular formula is C9H8INO. The molecule has 0 aromatic carbocycles. The molecule has 1 aromatic heterocycles. The molecule has 0 bridgehead atoms. The van der Waals surface area contributed by atoms with E-state index in [2.05, 4.69) is 14.8 Å². The molecule has 0 saturated heterocycles. The highest BCUT2D eigenvalue weighted by atomic mass is 127. The van der Waals surface area contributed by atoms with Gasteiger partial charge in [0.25, 0.3) is 0 Å². The summed E-state index contributed by atoms with van der Waals surface area (Å²) in [5, 5.41) is 0. The van der Waals surface area contributed by atoms with Crippen LogP contribution in [0.3, 0.4) is 0 Å². The molecule has 0 saturated carbocycles. The van der Waals surface area contributed by atoms with Crippen molar-refractivity contribution in [3.8, 4) is 15.6 Å². The molecular weight excluding hydrogens is 265 g/mol. The highest BCUT2D eigenvalue weighted by Crippen LogP contribution is 2.07. The monoisotopic (exact) mass is 273 g/mol. The van der Waals surface area contributed by atoms with Crippen molar-refractivity contribution in [2.75, 3.05) is 6.61 Å². The second kappa shape index (κ2) is 4.99. The summed E-state index contributed by atoms with van der Waals surface area (Å²) >= 11 is 1.98. The van der Waals surface area contributed by atoms with E-state index in [1.807, 2.05) is 41.6 Å². The van der Waals surface area contributed by atoms with Gasteiger partial charge in [0.15, 0.2) is 0 Å². The second-order valence-corrected chi connectivity index (χ2v) is 2.73. The van der Waals surface area contributed by atoms with Gasteiger partial charge in [-0.25, -0.2) is 0 Å². The number of pyridine rings is 1. The highest BCUT2D eigenvalue weighted by molar-refractivity contribution is 14.1. The van der Waals surface area contributed by atoms with Crippen LogP contribution in [0.2, 0.25) is 0 Å². The van der Waals surface area contributed by atoms with Crippen molar-refractivity contribution in [3.63, 3.8) is 0 Å². The van der Waals surface area contributed by atoms with Crippen molar-refractivity contribution in [2.24, 2.45) is 0 Å². The Kier molecular flexibility index (Phi) is 3.88. The van der Waals surface area contributed by atoms with E-state index in [4.69, 9.17) is 4.74 Å². The standard InChI is InChI=1S/C9H8INO/c1-8-3-4-9(7-11-8)12-6-2-5-10/h3-4,7H,6H2,1H3. The molecule has 12 heavy (non-hydrogen) atoms. The third-order valence-corrected chi connectivity index (χ3v) is 1.64. The van der Waals surface area contributed by atoms with Gasteiger partial charge in [0.05, 0.1) is 6.20 Å². The van der Waals surface area contributed by atoms with Gasteiger partial charge >= 0.3 is 0 Å². The summed E-state index contributed by atoms with van der Waals surface area (Å²) in [7, 11) is 0. The van der Waals surface area contributed by atoms with E-state index < -0.39 is 0 Å². The van der Waals surface area contributed by atoms with Crippen molar-refractivity contribution in [3.05, 3.63) is 24.0 Å². The van der Waals surface area contributed by atoms with Crippen molar-refractivity contribution in [1.29, 1.82) is 0 Å². The van der Waals surface area contributed by atoms with E-state index >= 15 is 0 Å². The Labute approximate surface area is 85.5 Å². The first kappa shape index (κ1) is 9.33. The summed E-state index contributed by atoms with van der Waals surface area (Å²) < 4.78 is 7.98. The average Bonchev–Trinajstić information content (AvgIpc) is 2.09. The Bertz CT molecular complexity index is 297. The molecule has 1 aromatic rings. The molecule has 0 radical (unpaired) electrons. The summed E-state index contributed by atoms with van der Waals surface area (Å²) in [5.74, 6) is 3.56. The number of aromatic nitrogens is 1. The van der Waals surface area contributed by atoms with Gasteiger partial charge in [-0.2, -0.15) is 0 Å². The molecule has 0 atom stereocenters. The number of nitrogens with zero attached hydrogens (tertiary/aromatic N) is 1. The predicted octanol–water partition coefficient (Wildman–Crippen LogP) is 2.16. The van der Waals surface area contributed by atoms with Crippen molar-refractivity contribution in [1.82, 2.24) is 4.98 Å². The second-order valence-electron chi connectivity index (χ2n) is 2.20. The molecule has 0 aliphatic heterocycles. The highest BCUT2D eigenvalue weighted by Gasteiger charge is 1.90. The lowest BCUT2D eigenvalue weighted by Gasteiger charge is -2.00. The van der Waals surface area contributed by atoms with E-state index in [9.17, 15) is 0 Å².